The van der Waals surface area contributed by atoms with Crippen LogP contribution in [-0.4, -0.2) is 35.8 Å². The van der Waals surface area contributed by atoms with E-state index in [1.807, 2.05) is 42.5 Å². The van der Waals surface area contributed by atoms with Gasteiger partial charge >= 0.3 is 0 Å². The first kappa shape index (κ1) is 18.6. The average Bonchev–Trinajstić information content (AvgIpc) is 3.09. The number of rotatable bonds is 7. The predicted molar refractivity (Wildman–Crippen MR) is 101 cm³/mol. The number of pyridine rings is 1. The van der Waals surface area contributed by atoms with E-state index in [-0.39, 0.29) is 37.1 Å². The van der Waals surface area contributed by atoms with Crippen molar-refractivity contribution in [3.05, 3.63) is 60.4 Å². The molecule has 1 atom stereocenters. The number of nitrogens with zero attached hydrogens (tertiary/aromatic N) is 2. The first-order valence-corrected chi connectivity index (χ1v) is 8.92. The number of anilines is 1. The predicted octanol–water partition coefficient (Wildman–Crippen LogP) is 1.26. The van der Waals surface area contributed by atoms with Gasteiger partial charge in [0, 0.05) is 50.6 Å². The van der Waals surface area contributed by atoms with Gasteiger partial charge in [0.25, 0.3) is 0 Å². The highest BCUT2D eigenvalue weighted by Gasteiger charge is 2.34. The quantitative estimate of drug-likeness (QED) is 0.772. The fourth-order valence-electron chi connectivity index (χ4n) is 2.97. The Morgan fingerprint density at radius 2 is 1.81 bits per heavy atom. The van der Waals surface area contributed by atoms with Gasteiger partial charge in [0.2, 0.25) is 17.7 Å². The van der Waals surface area contributed by atoms with E-state index in [1.165, 1.54) is 0 Å². The molecule has 2 N–H and O–H groups in total. The van der Waals surface area contributed by atoms with Gasteiger partial charge in [0.15, 0.2) is 0 Å². The molecule has 0 saturated carbocycles. The molecule has 27 heavy (non-hydrogen) atoms. The van der Waals surface area contributed by atoms with E-state index >= 15 is 0 Å². The minimum absolute atomic E-state index is 0.0588. The van der Waals surface area contributed by atoms with Gasteiger partial charge in [-0.1, -0.05) is 18.2 Å². The van der Waals surface area contributed by atoms with Crippen molar-refractivity contribution in [2.24, 2.45) is 5.92 Å². The summed E-state index contributed by atoms with van der Waals surface area (Å²) in [7, 11) is 0. The number of hydrogen-bond acceptors (Lipinski definition) is 4. The zero-order valence-corrected chi connectivity index (χ0v) is 14.9. The van der Waals surface area contributed by atoms with Gasteiger partial charge in [-0.05, 0) is 29.8 Å². The Morgan fingerprint density at radius 3 is 2.56 bits per heavy atom. The van der Waals surface area contributed by atoms with E-state index in [1.54, 1.807) is 17.3 Å². The third-order valence-electron chi connectivity index (χ3n) is 4.45. The zero-order valence-electron chi connectivity index (χ0n) is 14.9. The van der Waals surface area contributed by atoms with Gasteiger partial charge in [0.1, 0.15) is 0 Å². The molecule has 0 spiro atoms. The molecule has 1 saturated heterocycles. The Labute approximate surface area is 157 Å². The molecule has 3 amide bonds. The van der Waals surface area contributed by atoms with Crippen LogP contribution in [0.15, 0.2) is 54.9 Å². The number of carbonyl (C=O) groups excluding carboxylic acids is 3. The van der Waals surface area contributed by atoms with E-state index in [9.17, 15) is 14.4 Å². The molecule has 0 aliphatic carbocycles. The molecule has 2 heterocycles. The van der Waals surface area contributed by atoms with Crippen molar-refractivity contribution in [2.75, 3.05) is 18.0 Å². The van der Waals surface area contributed by atoms with Crippen LogP contribution in [0.2, 0.25) is 0 Å². The molecule has 1 aromatic carbocycles. The molecule has 7 nitrogen and oxygen atoms in total. The van der Waals surface area contributed by atoms with Gasteiger partial charge in [-0.25, -0.2) is 0 Å². The SMILES string of the molecule is O=C(CCNC(=O)C1CC(=O)N(c2ccccc2)C1)NCc1ccncc1. The van der Waals surface area contributed by atoms with Crippen molar-refractivity contribution < 1.29 is 14.4 Å². The molecule has 140 valence electrons. The molecule has 1 aromatic heterocycles. The Kier molecular flexibility index (Phi) is 6.14. The molecule has 1 fully saturated rings. The van der Waals surface area contributed by atoms with Crippen molar-refractivity contribution in [3.63, 3.8) is 0 Å². The molecule has 2 aromatic rings. The Hall–Kier alpha value is -3.22. The van der Waals surface area contributed by atoms with Crippen LogP contribution < -0.4 is 15.5 Å². The third kappa shape index (κ3) is 5.13. The second-order valence-electron chi connectivity index (χ2n) is 6.41. The fraction of sp³-hybridized carbons (Fsp3) is 0.300. The summed E-state index contributed by atoms with van der Waals surface area (Å²) in [5, 5.41) is 5.56. The lowest BCUT2D eigenvalue weighted by atomic mass is 10.1. The highest BCUT2D eigenvalue weighted by Crippen LogP contribution is 2.24. The topological polar surface area (TPSA) is 91.4 Å². The van der Waals surface area contributed by atoms with E-state index < -0.39 is 5.92 Å². The molecule has 7 heteroatoms. The summed E-state index contributed by atoms with van der Waals surface area (Å²) in [6, 6.07) is 13.0. The van der Waals surface area contributed by atoms with Crippen molar-refractivity contribution in [2.45, 2.75) is 19.4 Å². The fourth-order valence-corrected chi connectivity index (χ4v) is 2.97. The lowest BCUT2D eigenvalue weighted by molar-refractivity contribution is -0.126. The highest BCUT2D eigenvalue weighted by atomic mass is 16.2. The van der Waals surface area contributed by atoms with Crippen molar-refractivity contribution >= 4 is 23.4 Å². The normalized spacial score (nSPS) is 16.2. The first-order chi connectivity index (χ1) is 13.1. The second-order valence-corrected chi connectivity index (χ2v) is 6.41. The maximum absolute atomic E-state index is 12.3. The smallest absolute Gasteiger partial charge is 0.227 e. The number of para-hydroxylation sites is 1. The monoisotopic (exact) mass is 366 g/mol. The number of aromatic nitrogens is 1. The molecular formula is C20H22N4O3. The van der Waals surface area contributed by atoms with E-state index in [0.29, 0.717) is 13.1 Å². The number of hydrogen-bond donors (Lipinski definition) is 2. The van der Waals surface area contributed by atoms with Gasteiger partial charge < -0.3 is 15.5 Å². The van der Waals surface area contributed by atoms with Crippen LogP contribution in [0, 0.1) is 5.92 Å². The summed E-state index contributed by atoms with van der Waals surface area (Å²) in [6.07, 6.45) is 3.72. The standard InChI is InChI=1S/C20H22N4O3/c25-18(23-13-15-6-9-21-10-7-15)8-11-22-20(27)16-12-19(26)24(14-16)17-4-2-1-3-5-17/h1-7,9-10,16H,8,11-14H2,(H,22,27)(H,23,25). The summed E-state index contributed by atoms with van der Waals surface area (Å²) < 4.78 is 0. The minimum Gasteiger partial charge on any atom is -0.355 e. The summed E-state index contributed by atoms with van der Waals surface area (Å²) >= 11 is 0. The Morgan fingerprint density at radius 1 is 1.07 bits per heavy atom. The number of carbonyl (C=O) groups is 3. The molecule has 1 unspecified atom stereocenters. The van der Waals surface area contributed by atoms with E-state index in [4.69, 9.17) is 0 Å². The van der Waals surface area contributed by atoms with Crippen molar-refractivity contribution in [3.8, 4) is 0 Å². The van der Waals surface area contributed by atoms with Gasteiger partial charge in [-0.3, -0.25) is 19.4 Å². The first-order valence-electron chi connectivity index (χ1n) is 8.92. The largest absolute Gasteiger partial charge is 0.355 e. The van der Waals surface area contributed by atoms with E-state index in [0.717, 1.165) is 11.3 Å². The molecule has 1 aliphatic rings. The van der Waals surface area contributed by atoms with Crippen molar-refractivity contribution in [1.29, 1.82) is 0 Å². The third-order valence-corrected chi connectivity index (χ3v) is 4.45. The molecular weight excluding hydrogens is 344 g/mol. The number of amides is 3. The lowest BCUT2D eigenvalue weighted by Crippen LogP contribution is -2.35. The van der Waals surface area contributed by atoms with Crippen LogP contribution in [0.4, 0.5) is 5.69 Å². The molecule has 1 aliphatic heterocycles. The summed E-state index contributed by atoms with van der Waals surface area (Å²) in [6.45, 7) is 1.04. The summed E-state index contributed by atoms with van der Waals surface area (Å²) in [4.78, 5) is 41.9. The summed E-state index contributed by atoms with van der Waals surface area (Å²) in [5.74, 6) is -0.779. The van der Waals surface area contributed by atoms with Crippen molar-refractivity contribution in [1.82, 2.24) is 15.6 Å². The minimum atomic E-state index is -0.391. The summed E-state index contributed by atoms with van der Waals surface area (Å²) in [5.41, 5.74) is 1.76. The molecule has 3 rings (SSSR count). The van der Waals surface area contributed by atoms with E-state index in [2.05, 4.69) is 15.6 Å². The zero-order chi connectivity index (χ0) is 19.1. The van der Waals surface area contributed by atoms with Crippen LogP contribution in [0.5, 0.6) is 0 Å². The number of nitrogens with one attached hydrogen (secondary N) is 2. The average molecular weight is 366 g/mol. The lowest BCUT2D eigenvalue weighted by Gasteiger charge is -2.16. The van der Waals surface area contributed by atoms with Crippen LogP contribution in [-0.2, 0) is 20.9 Å². The van der Waals surface area contributed by atoms with Crippen LogP contribution in [0.25, 0.3) is 0 Å². The maximum Gasteiger partial charge on any atom is 0.227 e. The second kappa shape index (κ2) is 8.93. The Balaban J connectivity index is 1.39. The van der Waals surface area contributed by atoms with Gasteiger partial charge in [-0.2, -0.15) is 0 Å². The van der Waals surface area contributed by atoms with Crippen LogP contribution in [0.1, 0.15) is 18.4 Å². The Bertz CT molecular complexity index is 795. The van der Waals surface area contributed by atoms with Gasteiger partial charge in [0.05, 0.1) is 5.92 Å². The van der Waals surface area contributed by atoms with Crippen LogP contribution in [0.3, 0.4) is 0 Å². The molecule has 0 radical (unpaired) electrons. The van der Waals surface area contributed by atoms with Gasteiger partial charge in [-0.15, -0.1) is 0 Å². The number of benzene rings is 1. The molecule has 0 bridgehead atoms. The highest BCUT2D eigenvalue weighted by molar-refractivity contribution is 6.00. The van der Waals surface area contributed by atoms with Crippen LogP contribution >= 0.6 is 0 Å². The maximum atomic E-state index is 12.3.